The van der Waals surface area contributed by atoms with Gasteiger partial charge in [0.05, 0.1) is 6.61 Å². The molecule has 2 amide bonds. The van der Waals surface area contributed by atoms with Gasteiger partial charge >= 0.3 is 6.03 Å². The van der Waals surface area contributed by atoms with Crippen molar-refractivity contribution in [2.45, 2.75) is 6.35 Å². The smallest absolute Gasteiger partial charge is 0.339 e. The van der Waals surface area contributed by atoms with Gasteiger partial charge in [-0.25, -0.2) is 9.80 Å². The molecule has 0 radical (unpaired) electrons. The number of hydrazine groups is 1. The van der Waals surface area contributed by atoms with Gasteiger partial charge in [0.25, 0.3) is 0 Å². The molecule has 12 heavy (non-hydrogen) atoms. The molecule has 1 N–H and O–H groups in total. The first-order chi connectivity index (χ1) is 5.72. The molecule has 6 heteroatoms. The molecule has 0 aliphatic carbocycles. The Morgan fingerprint density at radius 1 is 1.67 bits per heavy atom. The predicted molar refractivity (Wildman–Crippen MR) is 38.5 cm³/mol. The van der Waals surface area contributed by atoms with Crippen molar-refractivity contribution in [2.75, 3.05) is 26.9 Å². The van der Waals surface area contributed by atoms with E-state index in [0.717, 1.165) is 0 Å². The van der Waals surface area contributed by atoms with E-state index in [4.69, 9.17) is 4.74 Å². The zero-order valence-corrected chi connectivity index (χ0v) is 6.80. The van der Waals surface area contributed by atoms with Crippen LogP contribution in [0.2, 0.25) is 0 Å². The second-order valence-electron chi connectivity index (χ2n) is 2.84. The van der Waals surface area contributed by atoms with Crippen LogP contribution >= 0.6 is 0 Å². The summed E-state index contributed by atoms with van der Waals surface area (Å²) in [5.74, 6) is 0. The summed E-state index contributed by atoms with van der Waals surface area (Å²) in [5.41, 5.74) is 0. The molecule has 2 saturated heterocycles. The highest BCUT2D eigenvalue weighted by Crippen LogP contribution is 2.19. The molecule has 2 aliphatic heterocycles. The van der Waals surface area contributed by atoms with Gasteiger partial charge in [-0.05, 0) is 0 Å². The highest BCUT2D eigenvalue weighted by Gasteiger charge is 2.42. The van der Waals surface area contributed by atoms with E-state index in [2.05, 4.69) is 0 Å². The van der Waals surface area contributed by atoms with Gasteiger partial charge in [0.15, 0.2) is 0 Å². The highest BCUT2D eigenvalue weighted by atomic mass is 16.5. The Kier molecular flexibility index (Phi) is 1.67. The molecule has 0 bridgehead atoms. The number of hydrogen-bond acceptors (Lipinski definition) is 4. The van der Waals surface area contributed by atoms with Crippen molar-refractivity contribution in [3.05, 3.63) is 0 Å². The highest BCUT2D eigenvalue weighted by molar-refractivity contribution is 5.75. The molecular weight excluding hydrogens is 162 g/mol. The van der Waals surface area contributed by atoms with Crippen molar-refractivity contribution in [2.24, 2.45) is 0 Å². The summed E-state index contributed by atoms with van der Waals surface area (Å²) in [6.07, 6.45) is -0.832. The normalized spacial score (nSPS) is 31.2. The van der Waals surface area contributed by atoms with Crippen LogP contribution in [0.4, 0.5) is 4.79 Å². The number of amides is 2. The second kappa shape index (κ2) is 2.58. The van der Waals surface area contributed by atoms with Crippen molar-refractivity contribution < 1.29 is 14.6 Å². The predicted octanol–water partition coefficient (Wildman–Crippen LogP) is -1.17. The molecule has 68 valence electrons. The number of rotatable bonds is 0. The van der Waals surface area contributed by atoms with Crippen LogP contribution in [0, 0.1) is 0 Å². The topological polar surface area (TPSA) is 56.2 Å². The van der Waals surface area contributed by atoms with Crippen LogP contribution in [-0.4, -0.2) is 59.3 Å². The van der Waals surface area contributed by atoms with E-state index in [1.807, 2.05) is 0 Å². The molecule has 1 unspecified atom stereocenters. The van der Waals surface area contributed by atoms with Crippen LogP contribution in [0.15, 0.2) is 0 Å². The fraction of sp³-hybridized carbons (Fsp3) is 0.833. The molecule has 2 rings (SSSR count). The van der Waals surface area contributed by atoms with E-state index < -0.39 is 6.35 Å². The van der Waals surface area contributed by atoms with E-state index in [1.165, 1.54) is 9.91 Å². The number of urea groups is 1. The third kappa shape index (κ3) is 0.889. The Morgan fingerprint density at radius 2 is 2.42 bits per heavy atom. The van der Waals surface area contributed by atoms with Crippen LogP contribution in [0.5, 0.6) is 0 Å². The zero-order chi connectivity index (χ0) is 8.72. The van der Waals surface area contributed by atoms with E-state index in [9.17, 15) is 9.90 Å². The van der Waals surface area contributed by atoms with Crippen molar-refractivity contribution in [1.29, 1.82) is 0 Å². The average molecular weight is 173 g/mol. The molecule has 0 saturated carbocycles. The molecule has 1 atom stereocenters. The fourth-order valence-corrected chi connectivity index (χ4v) is 1.39. The Morgan fingerprint density at radius 3 is 3.08 bits per heavy atom. The number of nitrogens with zero attached hydrogens (tertiary/aromatic N) is 3. The first kappa shape index (κ1) is 7.78. The second-order valence-corrected chi connectivity index (χ2v) is 2.84. The summed E-state index contributed by atoms with van der Waals surface area (Å²) in [6, 6.07) is -0.220. The number of carbonyl (C=O) groups is 1. The SMILES string of the molecule is CN1C(=O)N2COCCN2C1O. The third-order valence-corrected chi connectivity index (χ3v) is 2.12. The molecule has 0 aromatic heterocycles. The lowest BCUT2D eigenvalue weighted by molar-refractivity contribution is -0.177. The Labute approximate surface area is 69.9 Å². The van der Waals surface area contributed by atoms with Gasteiger partial charge < -0.3 is 9.84 Å². The van der Waals surface area contributed by atoms with E-state index >= 15 is 0 Å². The first-order valence-electron chi connectivity index (χ1n) is 3.78. The molecule has 0 aromatic rings. The largest absolute Gasteiger partial charge is 0.359 e. The maximum Gasteiger partial charge on any atom is 0.339 e. The van der Waals surface area contributed by atoms with E-state index in [1.54, 1.807) is 12.1 Å². The van der Waals surface area contributed by atoms with Crippen molar-refractivity contribution in [3.63, 3.8) is 0 Å². The van der Waals surface area contributed by atoms with Gasteiger partial charge in [-0.1, -0.05) is 0 Å². The van der Waals surface area contributed by atoms with E-state index in [-0.39, 0.29) is 12.8 Å². The summed E-state index contributed by atoms with van der Waals surface area (Å²) < 4.78 is 5.08. The number of aliphatic hydroxyl groups is 1. The minimum atomic E-state index is -0.832. The van der Waals surface area contributed by atoms with Gasteiger partial charge in [-0.3, -0.25) is 4.90 Å². The lowest BCUT2D eigenvalue weighted by Gasteiger charge is -2.31. The summed E-state index contributed by atoms with van der Waals surface area (Å²) in [5, 5.41) is 12.5. The lowest BCUT2D eigenvalue weighted by Crippen LogP contribution is -2.49. The number of fused-ring (bicyclic) bond motifs is 1. The van der Waals surface area contributed by atoms with Crippen molar-refractivity contribution in [1.82, 2.24) is 14.9 Å². The molecule has 0 aromatic carbocycles. The third-order valence-electron chi connectivity index (χ3n) is 2.12. The monoisotopic (exact) mass is 173 g/mol. The average Bonchev–Trinajstić information content (AvgIpc) is 2.33. The van der Waals surface area contributed by atoms with Crippen molar-refractivity contribution in [3.8, 4) is 0 Å². The summed E-state index contributed by atoms with van der Waals surface area (Å²) in [4.78, 5) is 12.6. The number of hydrogen-bond donors (Lipinski definition) is 1. The molecule has 2 aliphatic rings. The minimum Gasteiger partial charge on any atom is -0.359 e. The molecule has 6 nitrogen and oxygen atoms in total. The van der Waals surface area contributed by atoms with Crippen LogP contribution in [0.1, 0.15) is 0 Å². The van der Waals surface area contributed by atoms with Gasteiger partial charge in [0, 0.05) is 13.6 Å². The van der Waals surface area contributed by atoms with Crippen molar-refractivity contribution >= 4 is 6.03 Å². The first-order valence-corrected chi connectivity index (χ1v) is 3.78. The van der Waals surface area contributed by atoms with Crippen LogP contribution < -0.4 is 0 Å². The molecule has 2 fully saturated rings. The molecule has 2 heterocycles. The van der Waals surface area contributed by atoms with Crippen LogP contribution in [-0.2, 0) is 4.74 Å². The van der Waals surface area contributed by atoms with E-state index in [0.29, 0.717) is 13.2 Å². The lowest BCUT2D eigenvalue weighted by atomic mass is 10.6. The minimum absolute atomic E-state index is 0.220. The summed E-state index contributed by atoms with van der Waals surface area (Å²) >= 11 is 0. The molecule has 0 spiro atoms. The molecular formula is C6H11N3O3. The quantitative estimate of drug-likeness (QED) is 0.501. The standard InChI is InChI=1S/C6H11N3O3/c1-7-5(10)8-2-3-12-4-9(8)6(7)11/h5,10H,2-4H2,1H3. The van der Waals surface area contributed by atoms with Crippen LogP contribution in [0.3, 0.4) is 0 Å². The number of ether oxygens (including phenoxy) is 1. The van der Waals surface area contributed by atoms with Gasteiger partial charge in [-0.15, -0.1) is 0 Å². The Hall–Kier alpha value is -0.850. The van der Waals surface area contributed by atoms with Gasteiger partial charge in [0.2, 0.25) is 6.35 Å². The fourth-order valence-electron chi connectivity index (χ4n) is 1.39. The number of carbonyl (C=O) groups excluding carboxylic acids is 1. The maximum atomic E-state index is 11.3. The summed E-state index contributed by atoms with van der Waals surface area (Å²) in [7, 11) is 1.56. The van der Waals surface area contributed by atoms with Crippen LogP contribution in [0.25, 0.3) is 0 Å². The summed E-state index contributed by atoms with van der Waals surface area (Å²) in [6.45, 7) is 1.34. The number of aliphatic hydroxyl groups excluding tert-OH is 1. The Bertz CT molecular complexity index is 210. The zero-order valence-electron chi connectivity index (χ0n) is 6.80. The Balaban J connectivity index is 2.19. The van der Waals surface area contributed by atoms with Gasteiger partial charge in [-0.2, -0.15) is 5.01 Å². The maximum absolute atomic E-state index is 11.3. The van der Waals surface area contributed by atoms with Gasteiger partial charge in [0.1, 0.15) is 6.73 Å².